The summed E-state index contributed by atoms with van der Waals surface area (Å²) >= 11 is 0. The normalized spacial score (nSPS) is 18.6. The van der Waals surface area contributed by atoms with Gasteiger partial charge in [0.15, 0.2) is 5.60 Å². The second-order valence-electron chi connectivity index (χ2n) is 7.19. The maximum Gasteiger partial charge on any atom is 0.268 e. The van der Waals surface area contributed by atoms with E-state index >= 15 is 0 Å². The number of hydrogen-bond donors (Lipinski definition) is 1. The summed E-state index contributed by atoms with van der Waals surface area (Å²) in [6.07, 6.45) is 3.84. The second-order valence-corrected chi connectivity index (χ2v) is 7.19. The first-order chi connectivity index (χ1) is 13.6. The molecule has 138 valence electrons. The van der Waals surface area contributed by atoms with Gasteiger partial charge in [0.2, 0.25) is 0 Å². The fourth-order valence-electron chi connectivity index (χ4n) is 3.97. The molecule has 1 aliphatic heterocycles. The highest BCUT2D eigenvalue weighted by Crippen LogP contribution is 2.45. The third-order valence-corrected chi connectivity index (χ3v) is 5.31. The summed E-state index contributed by atoms with van der Waals surface area (Å²) < 4.78 is 1.93. The molecular weight excluding hydrogens is 350 g/mol. The second kappa shape index (κ2) is 6.04. The largest absolute Gasteiger partial charge is 0.372 e. The molecule has 0 aliphatic carbocycles. The topological polar surface area (TPSA) is 57.8 Å². The summed E-state index contributed by atoms with van der Waals surface area (Å²) in [5.74, 6) is -0.351. The number of hydrogen-bond acceptors (Lipinski definition) is 3. The minimum Gasteiger partial charge on any atom is -0.372 e. The van der Waals surface area contributed by atoms with E-state index in [1.807, 2.05) is 84.4 Å². The Morgan fingerprint density at radius 2 is 1.86 bits per heavy atom. The van der Waals surface area contributed by atoms with Crippen LogP contribution < -0.4 is 4.90 Å². The van der Waals surface area contributed by atoms with Crippen LogP contribution in [0.2, 0.25) is 0 Å². The number of anilines is 1. The molecule has 0 bridgehead atoms. The van der Waals surface area contributed by atoms with Gasteiger partial charge in [-0.05, 0) is 30.7 Å². The van der Waals surface area contributed by atoms with E-state index in [4.69, 9.17) is 0 Å². The molecule has 3 heterocycles. The number of para-hydroxylation sites is 1. The van der Waals surface area contributed by atoms with E-state index in [0.717, 1.165) is 16.9 Å². The van der Waals surface area contributed by atoms with Crippen molar-refractivity contribution in [1.29, 1.82) is 0 Å². The average Bonchev–Trinajstić information content (AvgIpc) is 3.22. The number of pyridine rings is 1. The van der Waals surface area contributed by atoms with E-state index in [0.29, 0.717) is 23.4 Å². The predicted octanol–water partition coefficient (Wildman–Crippen LogP) is 3.43. The van der Waals surface area contributed by atoms with E-state index in [-0.39, 0.29) is 5.91 Å². The Kier molecular flexibility index (Phi) is 3.60. The van der Waals surface area contributed by atoms with Crippen LogP contribution in [0.5, 0.6) is 0 Å². The lowest BCUT2D eigenvalue weighted by molar-refractivity contribution is -0.132. The van der Waals surface area contributed by atoms with Gasteiger partial charge in [-0.25, -0.2) is 4.98 Å². The summed E-state index contributed by atoms with van der Waals surface area (Å²) in [6, 6.07) is 20.7. The fraction of sp³-hybridized carbons (Fsp3) is 0.130. The third kappa shape index (κ3) is 2.37. The molecular formula is C23H19N3O2. The van der Waals surface area contributed by atoms with Crippen molar-refractivity contribution < 1.29 is 9.90 Å². The average molecular weight is 369 g/mol. The maximum atomic E-state index is 13.5. The third-order valence-electron chi connectivity index (χ3n) is 5.31. The molecule has 1 aliphatic rings. The van der Waals surface area contributed by atoms with Gasteiger partial charge in [-0.3, -0.25) is 4.79 Å². The van der Waals surface area contributed by atoms with Crippen molar-refractivity contribution in [2.45, 2.75) is 19.1 Å². The Morgan fingerprint density at radius 1 is 1.04 bits per heavy atom. The first kappa shape index (κ1) is 16.7. The van der Waals surface area contributed by atoms with Crippen LogP contribution in [0.3, 0.4) is 0 Å². The smallest absolute Gasteiger partial charge is 0.268 e. The Bertz CT molecular complexity index is 1180. The number of benzene rings is 2. The van der Waals surface area contributed by atoms with Crippen LogP contribution in [0.1, 0.15) is 22.4 Å². The lowest BCUT2D eigenvalue weighted by atomic mass is 9.87. The van der Waals surface area contributed by atoms with Crippen LogP contribution in [0, 0.1) is 6.92 Å². The molecule has 0 fully saturated rings. The van der Waals surface area contributed by atoms with E-state index in [1.165, 1.54) is 0 Å². The summed E-state index contributed by atoms with van der Waals surface area (Å²) in [4.78, 5) is 19.7. The Labute approximate surface area is 162 Å². The maximum absolute atomic E-state index is 13.5. The van der Waals surface area contributed by atoms with E-state index < -0.39 is 5.60 Å². The summed E-state index contributed by atoms with van der Waals surface area (Å²) in [5, 5.41) is 11.6. The molecule has 2 aromatic heterocycles. The van der Waals surface area contributed by atoms with Gasteiger partial charge < -0.3 is 14.4 Å². The van der Waals surface area contributed by atoms with Gasteiger partial charge in [0.1, 0.15) is 5.65 Å². The lowest BCUT2D eigenvalue weighted by Crippen LogP contribution is -2.41. The monoisotopic (exact) mass is 369 g/mol. The van der Waals surface area contributed by atoms with Crippen LogP contribution in [0.4, 0.5) is 5.69 Å². The first-order valence-corrected chi connectivity index (χ1v) is 9.21. The summed E-state index contributed by atoms with van der Waals surface area (Å²) in [7, 11) is 0. The molecule has 5 nitrogen and oxygen atoms in total. The van der Waals surface area contributed by atoms with Gasteiger partial charge in [0, 0.05) is 18.0 Å². The van der Waals surface area contributed by atoms with E-state index in [1.54, 1.807) is 11.0 Å². The molecule has 1 N–H and O–H groups in total. The van der Waals surface area contributed by atoms with E-state index in [9.17, 15) is 9.90 Å². The van der Waals surface area contributed by atoms with Gasteiger partial charge in [-0.2, -0.15) is 0 Å². The van der Waals surface area contributed by atoms with Crippen molar-refractivity contribution >= 4 is 17.2 Å². The van der Waals surface area contributed by atoms with Crippen LogP contribution in [0.25, 0.3) is 5.65 Å². The van der Waals surface area contributed by atoms with Gasteiger partial charge in [-0.1, -0.05) is 54.1 Å². The van der Waals surface area contributed by atoms with Crippen LogP contribution >= 0.6 is 0 Å². The van der Waals surface area contributed by atoms with Gasteiger partial charge in [0.25, 0.3) is 5.91 Å². The number of carbonyl (C=O) groups is 1. The zero-order valence-electron chi connectivity index (χ0n) is 15.4. The van der Waals surface area contributed by atoms with Crippen molar-refractivity contribution in [2.75, 3.05) is 4.90 Å². The number of carbonyl (C=O) groups excluding carboxylic acids is 1. The first-order valence-electron chi connectivity index (χ1n) is 9.21. The number of aliphatic hydroxyl groups is 1. The van der Waals surface area contributed by atoms with Gasteiger partial charge in [-0.15, -0.1) is 0 Å². The Morgan fingerprint density at radius 3 is 2.68 bits per heavy atom. The van der Waals surface area contributed by atoms with Crippen molar-refractivity contribution in [3.05, 3.63) is 102 Å². The standard InChI is InChI=1S/C23H19N3O2/c1-16-7-6-8-17(13-16)23(28)19-9-2-3-10-20(19)26(22(23)27)15-18-14-25-12-5-4-11-21(25)24-18/h2-14,28H,15H2,1H3. The molecule has 5 rings (SSSR count). The zero-order chi connectivity index (χ0) is 19.3. The molecule has 2 aromatic carbocycles. The van der Waals surface area contributed by atoms with Crippen molar-refractivity contribution in [2.24, 2.45) is 0 Å². The quantitative estimate of drug-likeness (QED) is 0.602. The SMILES string of the molecule is Cc1cccc(C2(O)C(=O)N(Cc3cn4ccccc4n3)c3ccccc32)c1. The molecule has 1 unspecified atom stereocenters. The summed E-state index contributed by atoms with van der Waals surface area (Å²) in [6.45, 7) is 2.25. The number of aryl methyl sites for hydroxylation is 1. The molecule has 4 aromatic rings. The van der Waals surface area contributed by atoms with Crippen molar-refractivity contribution in [1.82, 2.24) is 9.38 Å². The zero-order valence-corrected chi connectivity index (χ0v) is 15.4. The number of fused-ring (bicyclic) bond motifs is 2. The summed E-state index contributed by atoms with van der Waals surface area (Å²) in [5.41, 5.74) is 2.80. The number of nitrogens with zero attached hydrogens (tertiary/aromatic N) is 3. The van der Waals surface area contributed by atoms with Gasteiger partial charge >= 0.3 is 0 Å². The fourth-order valence-corrected chi connectivity index (χ4v) is 3.97. The Hall–Kier alpha value is -3.44. The highest BCUT2D eigenvalue weighted by molar-refractivity contribution is 6.09. The molecule has 0 spiro atoms. The van der Waals surface area contributed by atoms with Crippen molar-refractivity contribution in [3.8, 4) is 0 Å². The van der Waals surface area contributed by atoms with Crippen LogP contribution in [-0.4, -0.2) is 20.4 Å². The Balaban J connectivity index is 1.61. The number of rotatable bonds is 3. The minimum atomic E-state index is -1.69. The highest BCUT2D eigenvalue weighted by Gasteiger charge is 2.51. The molecule has 0 saturated carbocycles. The van der Waals surface area contributed by atoms with Crippen LogP contribution in [0.15, 0.2) is 79.1 Å². The molecule has 1 atom stereocenters. The number of aromatic nitrogens is 2. The number of imidazole rings is 1. The predicted molar refractivity (Wildman–Crippen MR) is 107 cm³/mol. The molecule has 0 radical (unpaired) electrons. The van der Waals surface area contributed by atoms with Gasteiger partial charge in [0.05, 0.1) is 17.9 Å². The van der Waals surface area contributed by atoms with Crippen molar-refractivity contribution in [3.63, 3.8) is 0 Å². The molecule has 1 amide bonds. The minimum absolute atomic E-state index is 0.297. The molecule has 5 heteroatoms. The van der Waals surface area contributed by atoms with Crippen LogP contribution in [-0.2, 0) is 16.9 Å². The molecule has 28 heavy (non-hydrogen) atoms. The molecule has 0 saturated heterocycles. The number of amides is 1. The lowest BCUT2D eigenvalue weighted by Gasteiger charge is -2.23. The van der Waals surface area contributed by atoms with E-state index in [2.05, 4.69) is 4.98 Å². The highest BCUT2D eigenvalue weighted by atomic mass is 16.3.